The van der Waals surface area contributed by atoms with Gasteiger partial charge in [-0.3, -0.25) is 4.79 Å². The monoisotopic (exact) mass is 362 g/mol. The molecule has 1 fully saturated rings. The van der Waals surface area contributed by atoms with E-state index in [2.05, 4.69) is 5.32 Å². The van der Waals surface area contributed by atoms with Gasteiger partial charge in [-0.1, -0.05) is 30.3 Å². The van der Waals surface area contributed by atoms with Crippen LogP contribution in [0, 0.1) is 11.7 Å². The lowest BCUT2D eigenvalue weighted by Crippen LogP contribution is -2.28. The number of amides is 1. The van der Waals surface area contributed by atoms with Crippen molar-refractivity contribution in [1.29, 1.82) is 0 Å². The summed E-state index contributed by atoms with van der Waals surface area (Å²) in [5.74, 6) is -0.830. The summed E-state index contributed by atoms with van der Waals surface area (Å²) in [7, 11) is -3.80. The molecule has 0 bridgehead atoms. The zero-order valence-electron chi connectivity index (χ0n) is 13.6. The number of hydrogen-bond acceptors (Lipinski definition) is 3. The van der Waals surface area contributed by atoms with Gasteiger partial charge in [0.1, 0.15) is 5.82 Å². The van der Waals surface area contributed by atoms with Crippen LogP contribution in [-0.4, -0.2) is 14.3 Å². The maximum Gasteiger partial charge on any atom is 0.238 e. The van der Waals surface area contributed by atoms with Crippen molar-refractivity contribution in [2.45, 2.75) is 30.2 Å². The van der Waals surface area contributed by atoms with Crippen LogP contribution in [0.25, 0.3) is 0 Å². The first-order valence-electron chi connectivity index (χ1n) is 7.95. The minimum atomic E-state index is -3.80. The molecule has 25 heavy (non-hydrogen) atoms. The van der Waals surface area contributed by atoms with Gasteiger partial charge in [0, 0.05) is 5.92 Å². The van der Waals surface area contributed by atoms with Gasteiger partial charge in [0.15, 0.2) is 0 Å². The Hall–Kier alpha value is -2.25. The highest BCUT2D eigenvalue weighted by molar-refractivity contribution is 7.89. The van der Waals surface area contributed by atoms with Crippen molar-refractivity contribution in [1.82, 2.24) is 5.32 Å². The van der Waals surface area contributed by atoms with E-state index < -0.39 is 10.0 Å². The number of benzene rings is 2. The first-order valence-corrected chi connectivity index (χ1v) is 9.49. The highest BCUT2D eigenvalue weighted by atomic mass is 32.2. The summed E-state index contributed by atoms with van der Waals surface area (Å²) >= 11 is 0. The van der Waals surface area contributed by atoms with E-state index in [1.807, 2.05) is 0 Å². The molecule has 7 heteroatoms. The Kier molecular flexibility index (Phi) is 4.62. The van der Waals surface area contributed by atoms with Crippen molar-refractivity contribution in [2.75, 3.05) is 0 Å². The molecule has 3 rings (SSSR count). The van der Waals surface area contributed by atoms with Gasteiger partial charge >= 0.3 is 0 Å². The number of nitrogens with one attached hydrogen (secondary N) is 1. The Morgan fingerprint density at radius 2 is 1.96 bits per heavy atom. The highest BCUT2D eigenvalue weighted by Crippen LogP contribution is 2.48. The van der Waals surface area contributed by atoms with Gasteiger partial charge in [0.25, 0.3) is 0 Å². The molecule has 1 amide bonds. The van der Waals surface area contributed by atoms with E-state index in [1.54, 1.807) is 37.3 Å². The van der Waals surface area contributed by atoms with E-state index >= 15 is 0 Å². The van der Waals surface area contributed by atoms with Gasteiger partial charge in [-0.2, -0.15) is 0 Å². The van der Waals surface area contributed by atoms with Gasteiger partial charge in [-0.05, 0) is 48.6 Å². The van der Waals surface area contributed by atoms with Crippen LogP contribution in [0.5, 0.6) is 0 Å². The molecule has 1 aliphatic rings. The number of rotatable bonds is 5. The summed E-state index contributed by atoms with van der Waals surface area (Å²) in [6.45, 7) is 1.76. The van der Waals surface area contributed by atoms with E-state index in [0.29, 0.717) is 17.5 Å². The molecule has 1 saturated carbocycles. The number of carbonyl (C=O) groups excluding carboxylic acids is 1. The highest BCUT2D eigenvalue weighted by Gasteiger charge is 2.45. The maximum absolute atomic E-state index is 13.8. The molecule has 0 unspecified atom stereocenters. The molecule has 2 aromatic rings. The largest absolute Gasteiger partial charge is 0.349 e. The first-order chi connectivity index (χ1) is 11.8. The summed E-state index contributed by atoms with van der Waals surface area (Å²) in [5.41, 5.74) is 1.20. The van der Waals surface area contributed by atoms with Gasteiger partial charge < -0.3 is 5.32 Å². The Labute approximate surface area is 146 Å². The van der Waals surface area contributed by atoms with Crippen LogP contribution in [0.2, 0.25) is 0 Å². The second-order valence-corrected chi connectivity index (χ2v) is 7.88. The standard InChI is InChI=1S/C18H19FN2O3S/c1-11(12-5-4-6-13(9-12)25(20,23)24)21-18(22)16-10-15(16)14-7-2-3-8-17(14)19/h2-9,11,15-16H,10H2,1H3,(H,21,22)(H2,20,23,24)/t11-,15+,16+/m0/s1. The number of sulfonamides is 1. The topological polar surface area (TPSA) is 89.3 Å². The second kappa shape index (κ2) is 6.57. The molecule has 0 spiro atoms. The van der Waals surface area contributed by atoms with E-state index in [-0.39, 0.29) is 34.5 Å². The molecule has 0 aliphatic heterocycles. The third-order valence-electron chi connectivity index (χ3n) is 4.48. The Bertz CT molecular complexity index is 914. The molecule has 0 saturated heterocycles. The third kappa shape index (κ3) is 3.88. The van der Waals surface area contributed by atoms with Crippen LogP contribution >= 0.6 is 0 Å². The molecule has 0 heterocycles. The molecule has 3 atom stereocenters. The molecule has 5 nitrogen and oxygen atoms in total. The number of primary sulfonamides is 1. The van der Waals surface area contributed by atoms with Crippen LogP contribution in [0.4, 0.5) is 4.39 Å². The minimum absolute atomic E-state index is 0.00162. The van der Waals surface area contributed by atoms with Crippen molar-refractivity contribution < 1.29 is 17.6 Å². The van der Waals surface area contributed by atoms with E-state index in [1.165, 1.54) is 18.2 Å². The third-order valence-corrected chi connectivity index (χ3v) is 5.39. The normalized spacial score (nSPS) is 20.8. The van der Waals surface area contributed by atoms with Crippen molar-refractivity contribution in [3.8, 4) is 0 Å². The average molecular weight is 362 g/mol. The molecular weight excluding hydrogens is 343 g/mol. The maximum atomic E-state index is 13.8. The fourth-order valence-corrected chi connectivity index (χ4v) is 3.54. The van der Waals surface area contributed by atoms with Crippen LogP contribution in [0.3, 0.4) is 0 Å². The summed E-state index contributed by atoms with van der Waals surface area (Å²) in [6.07, 6.45) is 0.608. The zero-order valence-corrected chi connectivity index (χ0v) is 14.5. The van der Waals surface area contributed by atoms with Crippen molar-refractivity contribution in [3.63, 3.8) is 0 Å². The Balaban J connectivity index is 1.67. The second-order valence-electron chi connectivity index (χ2n) is 6.32. The summed E-state index contributed by atoms with van der Waals surface area (Å²) in [6, 6.07) is 12.2. The number of carbonyl (C=O) groups is 1. The van der Waals surface area contributed by atoms with Gasteiger partial charge in [-0.25, -0.2) is 17.9 Å². The number of halogens is 1. The summed E-state index contributed by atoms with van der Waals surface area (Å²) < 4.78 is 36.7. The van der Waals surface area contributed by atoms with E-state index in [4.69, 9.17) is 5.14 Å². The molecule has 1 aliphatic carbocycles. The summed E-state index contributed by atoms with van der Waals surface area (Å²) in [5, 5.41) is 7.99. The number of nitrogens with two attached hydrogens (primary N) is 1. The van der Waals surface area contributed by atoms with E-state index in [9.17, 15) is 17.6 Å². The predicted octanol–water partition coefficient (Wildman–Crippen LogP) is 2.45. The van der Waals surface area contributed by atoms with Gasteiger partial charge in [0.2, 0.25) is 15.9 Å². The van der Waals surface area contributed by atoms with Gasteiger partial charge in [-0.15, -0.1) is 0 Å². The molecule has 132 valence electrons. The smallest absolute Gasteiger partial charge is 0.238 e. The predicted molar refractivity (Wildman–Crippen MR) is 91.6 cm³/mol. The molecule has 3 N–H and O–H groups in total. The van der Waals surface area contributed by atoms with Crippen molar-refractivity contribution >= 4 is 15.9 Å². The van der Waals surface area contributed by atoms with E-state index in [0.717, 1.165) is 0 Å². The Morgan fingerprint density at radius 3 is 2.64 bits per heavy atom. The van der Waals surface area contributed by atoms with Crippen LogP contribution in [0.15, 0.2) is 53.4 Å². The molecule has 0 radical (unpaired) electrons. The SMILES string of the molecule is C[C@H](NC(=O)[C@@H]1C[C@@H]1c1ccccc1F)c1cccc(S(N)(=O)=O)c1. The average Bonchev–Trinajstić information content (AvgIpc) is 3.35. The zero-order chi connectivity index (χ0) is 18.2. The lowest BCUT2D eigenvalue weighted by molar-refractivity contribution is -0.123. The minimum Gasteiger partial charge on any atom is -0.349 e. The fraction of sp³-hybridized carbons (Fsp3) is 0.278. The lowest BCUT2D eigenvalue weighted by atomic mass is 10.1. The summed E-state index contributed by atoms with van der Waals surface area (Å²) in [4.78, 5) is 12.4. The van der Waals surface area contributed by atoms with Crippen LogP contribution in [0.1, 0.15) is 36.4 Å². The van der Waals surface area contributed by atoms with Crippen molar-refractivity contribution in [3.05, 3.63) is 65.5 Å². The lowest BCUT2D eigenvalue weighted by Gasteiger charge is -2.15. The van der Waals surface area contributed by atoms with Crippen LogP contribution < -0.4 is 10.5 Å². The van der Waals surface area contributed by atoms with Gasteiger partial charge in [0.05, 0.1) is 10.9 Å². The van der Waals surface area contributed by atoms with Crippen molar-refractivity contribution in [2.24, 2.45) is 11.1 Å². The first kappa shape index (κ1) is 17.6. The quantitative estimate of drug-likeness (QED) is 0.856. The number of hydrogen-bond donors (Lipinski definition) is 2. The molecule has 2 aromatic carbocycles. The van der Waals surface area contributed by atoms with Crippen LogP contribution in [-0.2, 0) is 14.8 Å². The fourth-order valence-electron chi connectivity index (χ4n) is 2.97. The Morgan fingerprint density at radius 1 is 1.24 bits per heavy atom. The molecule has 0 aromatic heterocycles. The molecular formula is C18H19FN2O3S.